The molecule has 9 unspecified atom stereocenters. The number of hydrogen-bond acceptors (Lipinski definition) is 25. The van der Waals surface area contributed by atoms with Gasteiger partial charge in [-0.15, -0.1) is 0 Å². The second-order valence-electron chi connectivity index (χ2n) is 16.2. The van der Waals surface area contributed by atoms with Crippen LogP contribution in [0.5, 0.6) is 0 Å². The summed E-state index contributed by atoms with van der Waals surface area (Å²) in [6.07, 6.45) is -6.38. The molecule has 4 saturated heterocycles. The number of carbonyl (C=O) groups is 2. The Morgan fingerprint density at radius 2 is 1.49 bits per heavy atom. The first kappa shape index (κ1) is 51.5. The highest BCUT2D eigenvalue weighted by Crippen LogP contribution is 2.53. The van der Waals surface area contributed by atoms with Crippen molar-refractivity contribution >= 4 is 73.2 Å². The summed E-state index contributed by atoms with van der Waals surface area (Å²) in [6.45, 7) is -9.61. The van der Waals surface area contributed by atoms with Gasteiger partial charge in [0, 0.05) is 26.2 Å². The van der Waals surface area contributed by atoms with Crippen LogP contribution in [0.1, 0.15) is 49.8 Å². The highest BCUT2D eigenvalue weighted by atomic mass is 32.5. The number of fused-ring (bicyclic) bond motifs is 1. The van der Waals surface area contributed by atoms with Crippen LogP contribution in [0.2, 0.25) is 0 Å². The molecule has 1 aromatic heterocycles. The van der Waals surface area contributed by atoms with Crippen LogP contribution < -0.4 is 54.8 Å². The molecule has 34 heteroatoms. The number of nitrogens with zero attached hydrogens (tertiary/aromatic N) is 3. The lowest BCUT2D eigenvalue weighted by Gasteiger charge is -2.42. The Hall–Kier alpha value is -1.36. The van der Waals surface area contributed by atoms with Crippen LogP contribution in [0.4, 0.5) is 5.82 Å². The number of imidazole rings is 1. The van der Waals surface area contributed by atoms with Gasteiger partial charge in [0.25, 0.3) is 5.91 Å². The maximum atomic E-state index is 12.6. The number of nitrogens with one attached hydrogen (secondary N) is 6. The fourth-order valence-electron chi connectivity index (χ4n) is 7.78. The van der Waals surface area contributed by atoms with Gasteiger partial charge in [-0.2, -0.15) is 0 Å². The number of ether oxygens (including phenoxy) is 3. The van der Waals surface area contributed by atoms with E-state index in [-0.39, 0.29) is 43.5 Å². The van der Waals surface area contributed by atoms with E-state index in [1.807, 2.05) is 6.92 Å². The van der Waals surface area contributed by atoms with Crippen LogP contribution in [-0.4, -0.2) is 153 Å². The Kier molecular flexibility index (Phi) is 16.3. The van der Waals surface area contributed by atoms with E-state index >= 15 is 0 Å². The third-order valence-corrected chi connectivity index (χ3v) is 16.2. The molecule has 4 fully saturated rings. The lowest BCUT2D eigenvalue weighted by Crippen LogP contribution is -2.79. The normalized spacial score (nSPS) is 40.1. The Morgan fingerprint density at radius 3 is 2.15 bits per heavy atom. The molecule has 7 heterocycles. The number of rotatable bonds is 18. The van der Waals surface area contributed by atoms with Crippen molar-refractivity contribution in [2.75, 3.05) is 32.2 Å². The molecule has 0 bridgehead atoms. The topological polar surface area (TPSA) is 395 Å². The molecule has 0 spiro atoms. The molecule has 6 aliphatic heterocycles. The maximum Gasteiger partial charge on any atom is 0.324 e. The zero-order chi connectivity index (χ0) is 47.2. The molecule has 0 aromatic carbocycles. The molecule has 0 radical (unpaired) electrons. The monoisotopic (exact) mass is 1040 g/mol. The fourth-order valence-corrected chi connectivity index (χ4v) is 11.4. The Labute approximate surface area is 388 Å². The first-order valence-electron chi connectivity index (χ1n) is 20.2. The number of carbonyl (C=O) groups excluding carboxylic acids is 2. The Morgan fingerprint density at radius 1 is 0.877 bits per heavy atom. The van der Waals surface area contributed by atoms with Crippen molar-refractivity contribution in [3.8, 4) is 0 Å². The first-order chi connectivity index (χ1) is 30.4. The summed E-state index contributed by atoms with van der Waals surface area (Å²) in [5.74, 6) is -0.894. The quantitative estimate of drug-likeness (QED) is 0.0626. The van der Waals surface area contributed by atoms with Crippen molar-refractivity contribution in [3.63, 3.8) is 0 Å². The molecule has 18 atom stereocenters. The van der Waals surface area contributed by atoms with E-state index in [4.69, 9.17) is 99.7 Å². The Bertz CT molecular complexity index is 2090. The van der Waals surface area contributed by atoms with Crippen LogP contribution >= 0.6 is 20.2 Å². The van der Waals surface area contributed by atoms with Gasteiger partial charge in [0.05, 0.1) is 56.8 Å². The van der Waals surface area contributed by atoms with Crippen molar-refractivity contribution < 1.29 is 70.7 Å². The lowest BCUT2D eigenvalue weighted by atomic mass is 9.96. The lowest BCUT2D eigenvalue weighted by molar-refractivity contribution is -0.132. The minimum Gasteiger partial charge on any atom is -0.361 e. The fraction of sp³-hybridized carbons (Fsp3) is 0.774. The van der Waals surface area contributed by atoms with E-state index < -0.39 is 125 Å². The number of amides is 2. The number of anilines is 1. The van der Waals surface area contributed by atoms with Gasteiger partial charge in [-0.25, -0.2) is 4.98 Å². The predicted molar refractivity (Wildman–Crippen MR) is 237 cm³/mol. The van der Waals surface area contributed by atoms with E-state index in [0.29, 0.717) is 6.42 Å². The Balaban J connectivity index is 1.03. The van der Waals surface area contributed by atoms with E-state index in [9.17, 15) is 29.4 Å². The summed E-state index contributed by atoms with van der Waals surface area (Å²) in [5, 5.41) is 27.3. The third-order valence-electron chi connectivity index (χ3n) is 11.3. The van der Waals surface area contributed by atoms with Crippen LogP contribution in [0, 0.1) is 5.92 Å². The van der Waals surface area contributed by atoms with E-state index in [0.717, 1.165) is 0 Å². The highest BCUT2D eigenvalue weighted by Gasteiger charge is 2.49. The van der Waals surface area contributed by atoms with Gasteiger partial charge in [0.15, 0.2) is 18.3 Å². The second-order valence-corrected chi connectivity index (χ2v) is 24.7. The zero-order valence-electron chi connectivity index (χ0n) is 35.1. The molecule has 0 saturated carbocycles. The average molecular weight is 1040 g/mol. The summed E-state index contributed by atoms with van der Waals surface area (Å²) in [5.41, 5.74) is 22.6. The van der Waals surface area contributed by atoms with Gasteiger partial charge in [-0.05, 0) is 60.8 Å². The van der Waals surface area contributed by atoms with E-state index in [1.165, 1.54) is 24.9 Å². The molecule has 18 N–H and O–H groups in total. The second kappa shape index (κ2) is 20.5. The largest absolute Gasteiger partial charge is 0.361 e. The predicted octanol–water partition coefficient (Wildman–Crippen LogP) is -3.87. The molecule has 6 aliphatic rings. The van der Waals surface area contributed by atoms with Gasteiger partial charge in [0.2, 0.25) is 5.91 Å². The molecular weight excluding hydrogens is 984 g/mol. The van der Waals surface area contributed by atoms with Crippen LogP contribution in [-0.2, 0) is 81.6 Å². The minimum atomic E-state index is -4.24. The maximum absolute atomic E-state index is 12.6. The summed E-state index contributed by atoms with van der Waals surface area (Å²) in [4.78, 5) is 64.3. The van der Waals surface area contributed by atoms with Crippen molar-refractivity contribution in [3.05, 3.63) is 24.3 Å². The molecule has 0 aliphatic carbocycles. The number of nitrogens with two attached hydrogens (primary N) is 4. The number of aliphatic hydroxyl groups excluding tert-OH is 1. The van der Waals surface area contributed by atoms with Crippen LogP contribution in [0.25, 0.3) is 0 Å². The van der Waals surface area contributed by atoms with Gasteiger partial charge in [-0.3, -0.25) is 41.6 Å². The van der Waals surface area contributed by atoms with Gasteiger partial charge in [-0.1, -0.05) is 6.92 Å². The number of aliphatic hydroxyl groups is 1. The molecule has 1 aromatic rings. The third kappa shape index (κ3) is 12.5. The molecule has 28 nitrogen and oxygen atoms in total. The van der Waals surface area contributed by atoms with E-state index in [2.05, 4.69) is 36.9 Å². The van der Waals surface area contributed by atoms with Gasteiger partial charge >= 0.3 is 20.2 Å². The minimum absolute atomic E-state index is 0.00761. The first-order valence-corrected chi connectivity index (χ1v) is 27.9. The molecule has 7 rings (SSSR count). The average Bonchev–Trinajstić information content (AvgIpc) is 4.00. The zero-order valence-corrected chi connectivity index (χ0v) is 40.2. The van der Waals surface area contributed by atoms with Crippen molar-refractivity contribution in [2.45, 2.75) is 119 Å². The van der Waals surface area contributed by atoms with Gasteiger partial charge in [0.1, 0.15) is 48.5 Å². The molecule has 368 valence electrons. The van der Waals surface area contributed by atoms with E-state index in [1.54, 1.807) is 17.2 Å². The van der Waals surface area contributed by atoms with Crippen LogP contribution in [0.15, 0.2) is 18.6 Å². The standard InChI is InChI=1S/C31H56N13O15P3S3/c1-13-6-21(43-5-4-19(32)37-30(43)47)56-16(13)9-53-61(49,64)59-15-8-22(44-12-36-23-24(44)39-28(33)40-25(23)45)57-18(15)11-54-62(50,65)58-14-7-20(55-17(14)10-52-60(48,63)51-3)38-26-31(2,35)27(46)42-29(34)41-26/h4-5,12-22,26,28-30,37-39,41,47H,6-11,32-35H2,1-3H3,(H,40,45)(H,42,46)(H,48,63)(H,49,64)(H,50,65)/t13-,14-,15-,16-,17-,18-,19?,20-,21-,22-,26?,28?,29?,30?,31?,60?,61?,62?/m1/s1. The highest BCUT2D eigenvalue weighted by molar-refractivity contribution is 8.07. The summed E-state index contributed by atoms with van der Waals surface area (Å²) >= 11 is 15.9. The summed E-state index contributed by atoms with van der Waals surface area (Å²) < 4.78 is 54.2. The van der Waals surface area contributed by atoms with Crippen LogP contribution in [0.3, 0.4) is 0 Å². The van der Waals surface area contributed by atoms with Crippen molar-refractivity contribution in [1.82, 2.24) is 41.0 Å². The van der Waals surface area contributed by atoms with Crippen molar-refractivity contribution in [1.29, 1.82) is 0 Å². The molecular formula is C31H56N13O15P3S3. The summed E-state index contributed by atoms with van der Waals surface area (Å²) in [6, 6.07) is 0. The van der Waals surface area contributed by atoms with Gasteiger partial charge < -0.3 is 93.5 Å². The smallest absolute Gasteiger partial charge is 0.324 e. The number of hydrogen-bond donors (Lipinski definition) is 14. The number of aromatic nitrogens is 2. The molecule has 2 amide bonds. The SMILES string of the molecule is COP(O)(=S)OC[C@H]1O[C@@H](NC2NC(N)NC(=O)C2(C)N)C[C@H]1OP(O)(=S)OC[C@H]1O[C@@H](n2cnc3c2NC(N)NC3=O)C[C@H]1OP(O)(=S)OC[C@H]1O[C@@H](N2C=CC(N)NC2O)C[C@H]1C. The van der Waals surface area contributed by atoms with Crippen molar-refractivity contribution in [2.24, 2.45) is 28.9 Å². The molecule has 65 heavy (non-hydrogen) atoms. The summed E-state index contributed by atoms with van der Waals surface area (Å²) in [7, 11) is 1.17.